The predicted octanol–water partition coefficient (Wildman–Crippen LogP) is 2.94. The smallest absolute Gasteiger partial charge is 0.119 e. The van der Waals surface area contributed by atoms with E-state index in [0.717, 1.165) is 18.9 Å². The number of hydrogen-bond acceptors (Lipinski definition) is 2. The molecule has 1 aromatic rings. The highest BCUT2D eigenvalue weighted by Gasteiger charge is 2.14. The van der Waals surface area contributed by atoms with E-state index in [2.05, 4.69) is 43.4 Å². The second-order valence-corrected chi connectivity index (χ2v) is 4.83. The molecule has 2 heteroatoms. The van der Waals surface area contributed by atoms with Crippen molar-refractivity contribution in [2.75, 3.05) is 13.2 Å². The van der Waals surface area contributed by atoms with Crippen LogP contribution in [0.1, 0.15) is 38.2 Å². The molecule has 0 aliphatic carbocycles. The molecule has 1 heterocycles. The molecule has 88 valence electrons. The summed E-state index contributed by atoms with van der Waals surface area (Å²) in [6.45, 7) is 6.35. The van der Waals surface area contributed by atoms with Crippen molar-refractivity contribution in [1.82, 2.24) is 5.32 Å². The van der Waals surface area contributed by atoms with Crippen LogP contribution >= 0.6 is 0 Å². The lowest BCUT2D eigenvalue weighted by Gasteiger charge is -2.13. The molecule has 0 bridgehead atoms. The van der Waals surface area contributed by atoms with Gasteiger partial charge in [0.25, 0.3) is 0 Å². The zero-order valence-corrected chi connectivity index (χ0v) is 10.2. The highest BCUT2D eigenvalue weighted by Crippen LogP contribution is 2.19. The van der Waals surface area contributed by atoms with E-state index in [-0.39, 0.29) is 0 Å². The van der Waals surface area contributed by atoms with E-state index >= 15 is 0 Å². The molecule has 0 unspecified atom stereocenters. The molecule has 1 fully saturated rings. The third kappa shape index (κ3) is 2.99. The predicted molar refractivity (Wildman–Crippen MR) is 67.1 cm³/mol. The summed E-state index contributed by atoms with van der Waals surface area (Å²) in [4.78, 5) is 0. The van der Waals surface area contributed by atoms with Gasteiger partial charge >= 0.3 is 0 Å². The van der Waals surface area contributed by atoms with Crippen molar-refractivity contribution < 1.29 is 4.74 Å². The van der Waals surface area contributed by atoms with Gasteiger partial charge in [-0.1, -0.05) is 26.0 Å². The second kappa shape index (κ2) is 5.35. The van der Waals surface area contributed by atoms with Crippen LogP contribution in [0.25, 0.3) is 0 Å². The van der Waals surface area contributed by atoms with Gasteiger partial charge in [-0.2, -0.15) is 0 Å². The van der Waals surface area contributed by atoms with Crippen molar-refractivity contribution >= 4 is 0 Å². The maximum Gasteiger partial charge on any atom is 0.119 e. The molecular weight excluding hydrogens is 198 g/mol. The Labute approximate surface area is 98.0 Å². The number of rotatable bonds is 4. The van der Waals surface area contributed by atoms with Crippen molar-refractivity contribution in [2.24, 2.45) is 0 Å². The van der Waals surface area contributed by atoms with E-state index in [1.807, 2.05) is 0 Å². The average molecular weight is 219 g/mol. The van der Waals surface area contributed by atoms with E-state index in [9.17, 15) is 0 Å². The van der Waals surface area contributed by atoms with Crippen molar-refractivity contribution in [3.05, 3.63) is 29.8 Å². The SMILES string of the molecule is CC(C)c1ccc(OC[C@@H]2CCCN2)cc1. The van der Waals surface area contributed by atoms with E-state index in [1.54, 1.807) is 0 Å². The molecule has 0 radical (unpaired) electrons. The standard InChI is InChI=1S/C14H21NO/c1-11(2)12-5-7-14(8-6-12)16-10-13-4-3-9-15-13/h5-8,11,13,15H,3-4,9-10H2,1-2H3/t13-/m0/s1. The topological polar surface area (TPSA) is 21.3 Å². The molecule has 1 aliphatic heterocycles. The van der Waals surface area contributed by atoms with Crippen LogP contribution in [0.4, 0.5) is 0 Å². The second-order valence-electron chi connectivity index (χ2n) is 4.83. The highest BCUT2D eigenvalue weighted by atomic mass is 16.5. The fraction of sp³-hybridized carbons (Fsp3) is 0.571. The third-order valence-electron chi connectivity index (χ3n) is 3.16. The Balaban J connectivity index is 1.84. The van der Waals surface area contributed by atoms with Crippen LogP contribution in [0.2, 0.25) is 0 Å². The zero-order valence-electron chi connectivity index (χ0n) is 10.2. The Morgan fingerprint density at radius 3 is 2.62 bits per heavy atom. The average Bonchev–Trinajstić information content (AvgIpc) is 2.80. The summed E-state index contributed by atoms with van der Waals surface area (Å²) in [6, 6.07) is 9.00. The van der Waals surface area contributed by atoms with Crippen LogP contribution in [0.5, 0.6) is 5.75 Å². The summed E-state index contributed by atoms with van der Waals surface area (Å²) in [5.41, 5.74) is 1.37. The van der Waals surface area contributed by atoms with Crippen molar-refractivity contribution in [1.29, 1.82) is 0 Å². The van der Waals surface area contributed by atoms with E-state index < -0.39 is 0 Å². The molecule has 0 saturated carbocycles. The summed E-state index contributed by atoms with van der Waals surface area (Å²) < 4.78 is 5.76. The molecule has 0 spiro atoms. The Kier molecular flexibility index (Phi) is 3.83. The van der Waals surface area contributed by atoms with Crippen LogP contribution in [0, 0.1) is 0 Å². The Bertz CT molecular complexity index is 312. The Morgan fingerprint density at radius 2 is 2.06 bits per heavy atom. The lowest BCUT2D eigenvalue weighted by Crippen LogP contribution is -2.28. The van der Waals surface area contributed by atoms with Gasteiger partial charge in [0.2, 0.25) is 0 Å². The fourth-order valence-electron chi connectivity index (χ4n) is 2.04. The first-order valence-corrected chi connectivity index (χ1v) is 6.22. The van der Waals surface area contributed by atoms with Gasteiger partial charge in [-0.15, -0.1) is 0 Å². The molecule has 2 nitrogen and oxygen atoms in total. The summed E-state index contributed by atoms with van der Waals surface area (Å²) in [6.07, 6.45) is 2.52. The summed E-state index contributed by atoms with van der Waals surface area (Å²) in [5.74, 6) is 1.57. The molecule has 0 amide bonds. The zero-order chi connectivity index (χ0) is 11.4. The van der Waals surface area contributed by atoms with E-state index in [4.69, 9.17) is 4.74 Å². The van der Waals surface area contributed by atoms with Crippen LogP contribution in [0.15, 0.2) is 24.3 Å². The summed E-state index contributed by atoms with van der Waals surface area (Å²) in [7, 11) is 0. The maximum absolute atomic E-state index is 5.76. The number of benzene rings is 1. The van der Waals surface area contributed by atoms with Gasteiger partial charge in [0.15, 0.2) is 0 Å². The van der Waals surface area contributed by atoms with Crippen LogP contribution in [0.3, 0.4) is 0 Å². The minimum Gasteiger partial charge on any atom is -0.492 e. The van der Waals surface area contributed by atoms with Gasteiger partial charge in [-0.25, -0.2) is 0 Å². The molecule has 1 N–H and O–H groups in total. The van der Waals surface area contributed by atoms with E-state index in [1.165, 1.54) is 18.4 Å². The van der Waals surface area contributed by atoms with Gasteiger partial charge in [-0.05, 0) is 43.0 Å². The summed E-state index contributed by atoms with van der Waals surface area (Å²) >= 11 is 0. The monoisotopic (exact) mass is 219 g/mol. The van der Waals surface area contributed by atoms with Gasteiger partial charge in [0, 0.05) is 6.04 Å². The lowest BCUT2D eigenvalue weighted by molar-refractivity contribution is 0.277. The number of nitrogens with one attached hydrogen (secondary N) is 1. The van der Waals surface area contributed by atoms with Gasteiger partial charge < -0.3 is 10.1 Å². The Morgan fingerprint density at radius 1 is 1.31 bits per heavy atom. The first-order chi connectivity index (χ1) is 7.75. The molecule has 1 saturated heterocycles. The minimum atomic E-state index is 0.546. The number of hydrogen-bond donors (Lipinski definition) is 1. The van der Waals surface area contributed by atoms with Crippen molar-refractivity contribution in [3.8, 4) is 5.75 Å². The van der Waals surface area contributed by atoms with Crippen LogP contribution < -0.4 is 10.1 Å². The maximum atomic E-state index is 5.76. The molecule has 1 aliphatic rings. The first kappa shape index (κ1) is 11.5. The molecular formula is C14H21NO. The minimum absolute atomic E-state index is 0.546. The third-order valence-corrected chi connectivity index (χ3v) is 3.16. The van der Waals surface area contributed by atoms with Crippen molar-refractivity contribution in [3.63, 3.8) is 0 Å². The molecule has 0 aromatic heterocycles. The lowest BCUT2D eigenvalue weighted by atomic mass is 10.0. The van der Waals surface area contributed by atoms with Gasteiger partial charge in [0.1, 0.15) is 12.4 Å². The molecule has 16 heavy (non-hydrogen) atoms. The molecule has 1 atom stereocenters. The van der Waals surface area contributed by atoms with Crippen LogP contribution in [-0.2, 0) is 0 Å². The summed E-state index contributed by atoms with van der Waals surface area (Å²) in [5, 5.41) is 3.43. The van der Waals surface area contributed by atoms with Gasteiger partial charge in [-0.3, -0.25) is 0 Å². The normalized spacial score (nSPS) is 20.3. The first-order valence-electron chi connectivity index (χ1n) is 6.22. The van der Waals surface area contributed by atoms with Crippen molar-refractivity contribution in [2.45, 2.75) is 38.6 Å². The number of ether oxygens (including phenoxy) is 1. The highest BCUT2D eigenvalue weighted by molar-refractivity contribution is 5.28. The van der Waals surface area contributed by atoms with E-state index in [0.29, 0.717) is 12.0 Å². The van der Waals surface area contributed by atoms with Crippen LogP contribution in [-0.4, -0.2) is 19.2 Å². The molecule has 2 rings (SSSR count). The fourth-order valence-corrected chi connectivity index (χ4v) is 2.04. The quantitative estimate of drug-likeness (QED) is 0.840. The molecule has 1 aromatic carbocycles. The largest absolute Gasteiger partial charge is 0.492 e. The van der Waals surface area contributed by atoms with Gasteiger partial charge in [0.05, 0.1) is 0 Å². The Hall–Kier alpha value is -1.02.